The fraction of sp³-hybridized carbons (Fsp3) is 0.762. The molecule has 11 N–H and O–H groups in total. The quantitative estimate of drug-likeness (QED) is 0.0989. The zero-order chi connectivity index (χ0) is 23.5. The van der Waals surface area contributed by atoms with E-state index in [4.69, 9.17) is 29.4 Å². The second kappa shape index (κ2) is 18.6. The largest absolute Gasteiger partial charge is 0.355 e. The second-order valence-corrected chi connectivity index (χ2v) is 7.55. The van der Waals surface area contributed by atoms with E-state index >= 15 is 0 Å². The maximum absolute atomic E-state index is 12.3. The van der Waals surface area contributed by atoms with E-state index in [2.05, 4.69) is 21.9 Å². The molecule has 0 aliphatic rings. The first-order valence-electron chi connectivity index (χ1n) is 11.1. The van der Waals surface area contributed by atoms with E-state index in [0.29, 0.717) is 51.7 Å². The van der Waals surface area contributed by atoms with Crippen molar-refractivity contribution in [1.82, 2.24) is 16.0 Å². The molecule has 0 aromatic rings. The summed E-state index contributed by atoms with van der Waals surface area (Å²) in [4.78, 5) is 36.6. The maximum atomic E-state index is 12.3. The molecule has 0 unspecified atom stereocenters. The van der Waals surface area contributed by atoms with Crippen molar-refractivity contribution in [3.8, 4) is 12.3 Å². The normalized spacial score (nSPS) is 13.5. The number of rotatable bonds is 18. The maximum Gasteiger partial charge on any atom is 0.243 e. The molecule has 0 aliphatic carbocycles. The van der Waals surface area contributed by atoms with Crippen LogP contribution in [0.3, 0.4) is 0 Å². The van der Waals surface area contributed by atoms with Gasteiger partial charge < -0.3 is 38.9 Å². The van der Waals surface area contributed by atoms with Gasteiger partial charge in [0.1, 0.15) is 6.04 Å². The van der Waals surface area contributed by atoms with Gasteiger partial charge >= 0.3 is 0 Å². The molecule has 178 valence electrons. The van der Waals surface area contributed by atoms with Gasteiger partial charge in [0, 0.05) is 6.54 Å². The first kappa shape index (κ1) is 28.8. The molecule has 0 radical (unpaired) electrons. The minimum atomic E-state index is -0.740. The Labute approximate surface area is 186 Å². The van der Waals surface area contributed by atoms with Crippen LogP contribution in [0.4, 0.5) is 0 Å². The predicted molar refractivity (Wildman–Crippen MR) is 122 cm³/mol. The van der Waals surface area contributed by atoms with Crippen LogP contribution in [0.2, 0.25) is 0 Å². The average Bonchev–Trinajstić information content (AvgIpc) is 2.76. The Balaban J connectivity index is 4.43. The zero-order valence-electron chi connectivity index (χ0n) is 18.5. The molecule has 0 aliphatic heterocycles. The van der Waals surface area contributed by atoms with Crippen LogP contribution < -0.4 is 38.9 Å². The van der Waals surface area contributed by atoms with Crippen LogP contribution in [0.25, 0.3) is 0 Å². The van der Waals surface area contributed by atoms with E-state index in [1.165, 1.54) is 0 Å². The Hall–Kier alpha value is -2.19. The van der Waals surface area contributed by atoms with Gasteiger partial charge in [-0.05, 0) is 58.0 Å². The van der Waals surface area contributed by atoms with E-state index in [9.17, 15) is 14.4 Å². The second-order valence-electron chi connectivity index (χ2n) is 7.55. The number of hydrogen-bond acceptors (Lipinski definition) is 7. The highest BCUT2D eigenvalue weighted by Gasteiger charge is 2.23. The minimum absolute atomic E-state index is 0.0753. The molecule has 10 heteroatoms. The summed E-state index contributed by atoms with van der Waals surface area (Å²) in [5, 5.41) is 8.09. The van der Waals surface area contributed by atoms with Crippen molar-refractivity contribution < 1.29 is 14.4 Å². The topological polar surface area (TPSA) is 191 Å². The van der Waals surface area contributed by atoms with Crippen molar-refractivity contribution in [2.24, 2.45) is 22.9 Å². The summed E-state index contributed by atoms with van der Waals surface area (Å²) < 4.78 is 0. The van der Waals surface area contributed by atoms with E-state index in [0.717, 1.165) is 25.7 Å². The van der Waals surface area contributed by atoms with Crippen LogP contribution >= 0.6 is 0 Å². The van der Waals surface area contributed by atoms with E-state index in [1.54, 1.807) is 0 Å². The van der Waals surface area contributed by atoms with Gasteiger partial charge in [0.2, 0.25) is 17.7 Å². The van der Waals surface area contributed by atoms with Crippen LogP contribution in [-0.2, 0) is 14.4 Å². The smallest absolute Gasteiger partial charge is 0.243 e. The molecule has 0 fully saturated rings. The standard InChI is InChI=1S/C21H41N7O3/c1-2-14-26-21(31)18(28-20(30)17(25)10-4-7-13-23)11-5-8-15-27-19(29)16(24)9-3-6-12-22/h1,16-18H,3-15,22-25H2,(H,26,31)(H,27,29)(H,28,30)/t16-,17-,18-/m0/s1. The van der Waals surface area contributed by atoms with Crippen molar-refractivity contribution in [2.75, 3.05) is 26.2 Å². The number of amides is 3. The molecule has 31 heavy (non-hydrogen) atoms. The molecule has 3 amide bonds. The van der Waals surface area contributed by atoms with Crippen LogP contribution in [-0.4, -0.2) is 62.0 Å². The molecule has 0 saturated carbocycles. The molecule has 0 bridgehead atoms. The summed E-state index contributed by atoms with van der Waals surface area (Å²) in [6.45, 7) is 1.64. The lowest BCUT2D eigenvalue weighted by Gasteiger charge is -2.20. The Kier molecular flexibility index (Phi) is 17.3. The van der Waals surface area contributed by atoms with E-state index in [1.807, 2.05) is 0 Å². The first-order chi connectivity index (χ1) is 14.9. The Morgan fingerprint density at radius 2 is 1.29 bits per heavy atom. The number of hydrogen-bond donors (Lipinski definition) is 7. The molecule has 0 heterocycles. The third-order valence-electron chi connectivity index (χ3n) is 4.83. The molecule has 0 aromatic carbocycles. The molecule has 0 rings (SSSR count). The van der Waals surface area contributed by atoms with Crippen molar-refractivity contribution >= 4 is 17.7 Å². The highest BCUT2D eigenvalue weighted by Crippen LogP contribution is 2.04. The summed E-state index contributed by atoms with van der Waals surface area (Å²) in [6.07, 6.45) is 11.1. The first-order valence-corrected chi connectivity index (χ1v) is 11.1. The van der Waals surface area contributed by atoms with Gasteiger partial charge in [0.15, 0.2) is 0 Å². The number of nitrogens with two attached hydrogens (primary N) is 4. The fourth-order valence-corrected chi connectivity index (χ4v) is 2.90. The zero-order valence-corrected chi connectivity index (χ0v) is 18.5. The summed E-state index contributed by atoms with van der Waals surface area (Å²) >= 11 is 0. The minimum Gasteiger partial charge on any atom is -0.355 e. The SMILES string of the molecule is C#CCNC(=O)[C@H](CCCCNC(=O)[C@@H](N)CCCCN)NC(=O)[C@@H](N)CCCCN. The van der Waals surface area contributed by atoms with Gasteiger partial charge in [0.05, 0.1) is 18.6 Å². The van der Waals surface area contributed by atoms with Gasteiger partial charge in [0.25, 0.3) is 0 Å². The van der Waals surface area contributed by atoms with Crippen LogP contribution in [0.5, 0.6) is 0 Å². The molecule has 0 saturated heterocycles. The lowest BCUT2D eigenvalue weighted by atomic mass is 10.1. The van der Waals surface area contributed by atoms with Crippen LogP contribution in [0, 0.1) is 12.3 Å². The van der Waals surface area contributed by atoms with Crippen LogP contribution in [0.1, 0.15) is 57.8 Å². The third-order valence-corrected chi connectivity index (χ3v) is 4.83. The fourth-order valence-electron chi connectivity index (χ4n) is 2.90. The Morgan fingerprint density at radius 1 is 0.742 bits per heavy atom. The number of nitrogens with one attached hydrogen (secondary N) is 3. The van der Waals surface area contributed by atoms with E-state index < -0.39 is 18.1 Å². The Morgan fingerprint density at radius 3 is 1.84 bits per heavy atom. The monoisotopic (exact) mass is 439 g/mol. The van der Waals surface area contributed by atoms with Gasteiger partial charge in [-0.25, -0.2) is 0 Å². The highest BCUT2D eigenvalue weighted by atomic mass is 16.2. The molecule has 10 nitrogen and oxygen atoms in total. The van der Waals surface area contributed by atoms with Gasteiger partial charge in [-0.2, -0.15) is 0 Å². The summed E-state index contributed by atoms with van der Waals surface area (Å²) in [5.41, 5.74) is 22.6. The third kappa shape index (κ3) is 14.4. The molecular weight excluding hydrogens is 398 g/mol. The predicted octanol–water partition coefficient (Wildman–Crippen LogP) is -1.58. The average molecular weight is 440 g/mol. The summed E-state index contributed by atoms with van der Waals surface area (Å²) in [7, 11) is 0. The van der Waals surface area contributed by atoms with Gasteiger partial charge in [-0.15, -0.1) is 6.42 Å². The van der Waals surface area contributed by atoms with Crippen molar-refractivity contribution in [3.05, 3.63) is 0 Å². The van der Waals surface area contributed by atoms with Crippen molar-refractivity contribution in [2.45, 2.75) is 75.9 Å². The number of unbranched alkanes of at least 4 members (excludes halogenated alkanes) is 3. The summed E-state index contributed by atoms with van der Waals surface area (Å²) in [6, 6.07) is -1.99. The molecule has 0 aromatic heterocycles. The number of terminal acetylenes is 1. The molecule has 0 spiro atoms. The van der Waals surface area contributed by atoms with Crippen molar-refractivity contribution in [1.29, 1.82) is 0 Å². The highest BCUT2D eigenvalue weighted by molar-refractivity contribution is 5.89. The van der Waals surface area contributed by atoms with E-state index in [-0.39, 0.29) is 24.3 Å². The Bertz CT molecular complexity index is 566. The number of carbonyl (C=O) groups excluding carboxylic acids is 3. The lowest BCUT2D eigenvalue weighted by Crippen LogP contribution is -2.51. The molecule has 3 atom stereocenters. The molecular formula is C21H41N7O3. The number of carbonyl (C=O) groups is 3. The van der Waals surface area contributed by atoms with Crippen LogP contribution in [0.15, 0.2) is 0 Å². The van der Waals surface area contributed by atoms with Gasteiger partial charge in [-0.3, -0.25) is 14.4 Å². The summed E-state index contributed by atoms with van der Waals surface area (Å²) in [5.74, 6) is 1.40. The van der Waals surface area contributed by atoms with Crippen molar-refractivity contribution in [3.63, 3.8) is 0 Å². The lowest BCUT2D eigenvalue weighted by molar-refractivity contribution is -0.129. The van der Waals surface area contributed by atoms with Gasteiger partial charge in [-0.1, -0.05) is 18.8 Å².